The van der Waals surface area contributed by atoms with Crippen LogP contribution in [0.2, 0.25) is 0 Å². The number of benzene rings is 3. The van der Waals surface area contributed by atoms with E-state index in [4.69, 9.17) is 4.74 Å². The summed E-state index contributed by atoms with van der Waals surface area (Å²) < 4.78 is 77.8. The first-order chi connectivity index (χ1) is 23.5. The van der Waals surface area contributed by atoms with Crippen molar-refractivity contribution in [2.24, 2.45) is 0 Å². The van der Waals surface area contributed by atoms with E-state index in [0.717, 1.165) is 65.3 Å². The van der Waals surface area contributed by atoms with E-state index < -0.39 is 46.7 Å². The molecular formula is C36H38F5N3O5. The third-order valence-electron chi connectivity index (χ3n) is 7.70. The lowest BCUT2D eigenvalue weighted by Gasteiger charge is -2.20. The molecule has 3 aromatic carbocycles. The predicted molar refractivity (Wildman–Crippen MR) is 176 cm³/mol. The zero-order valence-electron chi connectivity index (χ0n) is 27.2. The summed E-state index contributed by atoms with van der Waals surface area (Å²) in [7, 11) is 1.24. The first-order valence-electron chi connectivity index (χ1n) is 15.6. The lowest BCUT2D eigenvalue weighted by molar-refractivity contribution is -0.138. The van der Waals surface area contributed by atoms with Crippen LogP contribution in [0.3, 0.4) is 0 Å². The summed E-state index contributed by atoms with van der Waals surface area (Å²) in [5.74, 6) is -2.21. The number of carbonyl (C=O) groups is 2. The third-order valence-corrected chi connectivity index (χ3v) is 7.70. The second-order valence-corrected chi connectivity index (χ2v) is 11.0. The van der Waals surface area contributed by atoms with Gasteiger partial charge in [0.2, 0.25) is 0 Å². The number of nitrogens with one attached hydrogen (secondary N) is 1. The van der Waals surface area contributed by atoms with Gasteiger partial charge in [0.25, 0.3) is 5.56 Å². The number of aldehydes is 2. The lowest BCUT2D eigenvalue weighted by atomic mass is 10.0. The predicted octanol–water partition coefficient (Wildman–Crippen LogP) is 6.12. The van der Waals surface area contributed by atoms with Crippen molar-refractivity contribution in [2.45, 2.75) is 58.3 Å². The number of methoxy groups -OCH3 is 1. The Kier molecular flexibility index (Phi) is 14.6. The number of ether oxygens (including phenoxy) is 1. The lowest BCUT2D eigenvalue weighted by Crippen LogP contribution is -2.43. The van der Waals surface area contributed by atoms with Gasteiger partial charge in [0.1, 0.15) is 18.4 Å². The van der Waals surface area contributed by atoms with Crippen LogP contribution >= 0.6 is 0 Å². The van der Waals surface area contributed by atoms with E-state index >= 15 is 4.39 Å². The molecule has 1 aromatic heterocycles. The number of hydrogen-bond donors (Lipinski definition) is 1. The van der Waals surface area contributed by atoms with E-state index in [1.54, 1.807) is 30.3 Å². The average Bonchev–Trinajstić information content (AvgIpc) is 3.08. The first-order valence-corrected chi connectivity index (χ1v) is 15.6. The molecule has 0 unspecified atom stereocenters. The van der Waals surface area contributed by atoms with Gasteiger partial charge < -0.3 is 19.6 Å². The number of nitrogens with zero attached hydrogens (tertiary/aromatic N) is 2. The molecule has 0 aliphatic heterocycles. The van der Waals surface area contributed by atoms with Crippen LogP contribution < -0.4 is 21.3 Å². The maximum absolute atomic E-state index is 15.3. The van der Waals surface area contributed by atoms with Crippen LogP contribution in [0.5, 0.6) is 5.75 Å². The Labute approximate surface area is 280 Å². The topological polar surface area (TPSA) is 99.4 Å². The average molecular weight is 688 g/mol. The van der Waals surface area contributed by atoms with Gasteiger partial charge in [0.15, 0.2) is 11.6 Å². The number of alkyl halides is 3. The highest BCUT2D eigenvalue weighted by Gasteiger charge is 2.35. The molecule has 0 bridgehead atoms. The van der Waals surface area contributed by atoms with E-state index in [0.29, 0.717) is 18.9 Å². The summed E-state index contributed by atoms with van der Waals surface area (Å²) in [5, 5.41) is 3.14. The van der Waals surface area contributed by atoms with Crippen molar-refractivity contribution in [3.63, 3.8) is 0 Å². The van der Waals surface area contributed by atoms with E-state index in [1.165, 1.54) is 32.2 Å². The Balaban J connectivity index is 0.000000509. The third kappa shape index (κ3) is 10.3. The summed E-state index contributed by atoms with van der Waals surface area (Å²) in [6, 6.07) is 15.5. The van der Waals surface area contributed by atoms with Crippen molar-refractivity contribution in [2.75, 3.05) is 20.2 Å². The molecule has 13 heteroatoms. The van der Waals surface area contributed by atoms with E-state index in [2.05, 4.69) is 5.32 Å². The molecule has 8 nitrogen and oxygen atoms in total. The minimum absolute atomic E-state index is 0.112. The monoisotopic (exact) mass is 687 g/mol. The summed E-state index contributed by atoms with van der Waals surface area (Å²) in [6.45, 7) is 2.10. The Morgan fingerprint density at radius 1 is 0.837 bits per heavy atom. The minimum Gasteiger partial charge on any atom is -0.494 e. The summed E-state index contributed by atoms with van der Waals surface area (Å²) in [5.41, 5.74) is -3.52. The van der Waals surface area contributed by atoms with Gasteiger partial charge in [-0.15, -0.1) is 0 Å². The van der Waals surface area contributed by atoms with Gasteiger partial charge in [-0.25, -0.2) is 13.6 Å². The van der Waals surface area contributed by atoms with Crippen molar-refractivity contribution in [1.29, 1.82) is 0 Å². The van der Waals surface area contributed by atoms with Crippen LogP contribution in [-0.2, 0) is 35.3 Å². The van der Waals surface area contributed by atoms with Gasteiger partial charge in [-0.3, -0.25) is 13.9 Å². The number of aromatic nitrogens is 2. The molecule has 4 aromatic rings. The summed E-state index contributed by atoms with van der Waals surface area (Å²) in [6.07, 6.45) is 0.238. The molecule has 49 heavy (non-hydrogen) atoms. The van der Waals surface area contributed by atoms with Crippen molar-refractivity contribution < 1.29 is 36.3 Å². The van der Waals surface area contributed by atoms with Gasteiger partial charge in [0.05, 0.1) is 24.8 Å². The maximum Gasteiger partial charge on any atom is 0.416 e. The molecule has 0 aliphatic rings. The zero-order chi connectivity index (χ0) is 36.0. The van der Waals surface area contributed by atoms with Gasteiger partial charge in [-0.1, -0.05) is 48.5 Å². The molecule has 262 valence electrons. The standard InChI is InChI=1S/C28H23F5N2O3.C8H15NO2/c1-17-24(19-10-6-13-23(38-2)25(19)30)26(36)34(15-14-18-8-4-3-5-9-18)27(37)35(17)16-20-21(28(31,32)33)11-7-12-22(20)29;10-7-3-1-5-9-6-2-4-8-11/h3-13H,14-16H2,1-2H3;7-9H,1-6H2. The molecular weight excluding hydrogens is 649 g/mol. The SMILES string of the molecule is COc1cccc(-c2c(C)n(Cc3c(F)cccc3C(F)(F)F)c(=O)n(CCc3ccccc3)c2=O)c1F.O=CCCCNCCCC=O. The molecule has 0 atom stereocenters. The Morgan fingerprint density at radius 3 is 2.06 bits per heavy atom. The fourth-order valence-electron chi connectivity index (χ4n) is 5.13. The molecule has 4 rings (SSSR count). The largest absolute Gasteiger partial charge is 0.494 e. The van der Waals surface area contributed by atoms with Gasteiger partial charge in [0, 0.05) is 36.2 Å². The van der Waals surface area contributed by atoms with Crippen LogP contribution in [-0.4, -0.2) is 41.9 Å². The van der Waals surface area contributed by atoms with Crippen LogP contribution in [0.4, 0.5) is 22.0 Å². The molecule has 0 saturated carbocycles. The smallest absolute Gasteiger partial charge is 0.416 e. The number of halogens is 5. The first kappa shape index (κ1) is 38.5. The highest BCUT2D eigenvalue weighted by atomic mass is 19.4. The van der Waals surface area contributed by atoms with Crippen molar-refractivity contribution in [1.82, 2.24) is 14.5 Å². The number of aryl methyl sites for hydroxylation is 1. The number of carbonyl (C=O) groups excluding carboxylic acids is 2. The quantitative estimate of drug-likeness (QED) is 0.0920. The molecule has 0 amide bonds. The van der Waals surface area contributed by atoms with Crippen molar-refractivity contribution >= 4 is 12.6 Å². The van der Waals surface area contributed by atoms with E-state index in [-0.39, 0.29) is 35.5 Å². The highest BCUT2D eigenvalue weighted by molar-refractivity contribution is 5.67. The number of unbranched alkanes of at least 4 members (excludes halogenated alkanes) is 2. The van der Waals surface area contributed by atoms with E-state index in [9.17, 15) is 36.7 Å². The summed E-state index contributed by atoms with van der Waals surface area (Å²) in [4.78, 5) is 46.8. The van der Waals surface area contributed by atoms with Gasteiger partial charge in [-0.05, 0) is 63.0 Å². The fourth-order valence-corrected chi connectivity index (χ4v) is 5.13. The Morgan fingerprint density at radius 2 is 1.47 bits per heavy atom. The molecule has 0 fully saturated rings. The van der Waals surface area contributed by atoms with Crippen LogP contribution in [0.1, 0.15) is 48.1 Å². The minimum atomic E-state index is -4.89. The fraction of sp³-hybridized carbons (Fsp3) is 0.333. The number of rotatable bonds is 15. The van der Waals surface area contributed by atoms with Crippen molar-refractivity contribution in [3.8, 4) is 16.9 Å². The molecule has 0 aliphatic carbocycles. The van der Waals surface area contributed by atoms with Crippen LogP contribution in [0.25, 0.3) is 11.1 Å². The normalized spacial score (nSPS) is 11.1. The van der Waals surface area contributed by atoms with Gasteiger partial charge >= 0.3 is 11.9 Å². The number of hydrogen-bond acceptors (Lipinski definition) is 6. The van der Waals surface area contributed by atoms with Crippen LogP contribution in [0.15, 0.2) is 76.3 Å². The second-order valence-electron chi connectivity index (χ2n) is 11.0. The second kappa shape index (κ2) is 18.6. The zero-order valence-corrected chi connectivity index (χ0v) is 27.2. The highest BCUT2D eigenvalue weighted by Crippen LogP contribution is 2.34. The van der Waals surface area contributed by atoms with Gasteiger partial charge in [-0.2, -0.15) is 13.2 Å². The molecule has 0 radical (unpaired) electrons. The summed E-state index contributed by atoms with van der Waals surface area (Å²) >= 11 is 0. The molecule has 0 saturated heterocycles. The van der Waals surface area contributed by atoms with Crippen molar-refractivity contribution in [3.05, 3.63) is 122 Å². The molecule has 1 heterocycles. The maximum atomic E-state index is 15.3. The molecule has 0 spiro atoms. The molecule has 1 N–H and O–H groups in total. The Bertz CT molecular complexity index is 1810. The Hall–Kier alpha value is -4.91. The van der Waals surface area contributed by atoms with E-state index in [1.807, 2.05) is 0 Å². The van der Waals surface area contributed by atoms with Crippen LogP contribution in [0, 0.1) is 18.6 Å².